The molecule has 110 valence electrons. The summed E-state index contributed by atoms with van der Waals surface area (Å²) in [5, 5.41) is 0. The number of nitrogens with two attached hydrogens (primary N) is 1. The van der Waals surface area contributed by atoms with Crippen molar-refractivity contribution in [1.29, 1.82) is 0 Å². The van der Waals surface area contributed by atoms with Gasteiger partial charge in [-0.15, -0.1) is 0 Å². The summed E-state index contributed by atoms with van der Waals surface area (Å²) in [5.74, 6) is 0.0467. The lowest BCUT2D eigenvalue weighted by Gasteiger charge is -2.31. The molecule has 0 amide bonds. The maximum Gasteiger partial charge on any atom is 0.309 e. The summed E-state index contributed by atoms with van der Waals surface area (Å²) < 4.78 is 5.10. The van der Waals surface area contributed by atoms with E-state index in [1.165, 1.54) is 11.1 Å². The molecule has 0 aliphatic carbocycles. The number of esters is 1. The molecule has 4 heteroatoms. The summed E-state index contributed by atoms with van der Waals surface area (Å²) in [4.78, 5) is 14.1. The topological polar surface area (TPSA) is 55.6 Å². The first-order valence-electron chi connectivity index (χ1n) is 7.40. The number of benzene rings is 1. The Labute approximate surface area is 120 Å². The summed E-state index contributed by atoms with van der Waals surface area (Å²) >= 11 is 0. The van der Waals surface area contributed by atoms with E-state index in [-0.39, 0.29) is 11.9 Å². The molecule has 2 N–H and O–H groups in total. The van der Waals surface area contributed by atoms with Gasteiger partial charge >= 0.3 is 5.97 Å². The second kappa shape index (κ2) is 7.41. The molecule has 0 unspecified atom stereocenters. The Bertz CT molecular complexity index is 440. The lowest BCUT2D eigenvalue weighted by Crippen LogP contribution is -2.36. The predicted molar refractivity (Wildman–Crippen MR) is 79.0 cm³/mol. The molecular weight excluding hydrogens is 252 g/mol. The zero-order chi connectivity index (χ0) is 14.4. The van der Waals surface area contributed by atoms with Gasteiger partial charge < -0.3 is 10.5 Å². The molecule has 1 aliphatic heterocycles. The minimum absolute atomic E-state index is 0.0329. The van der Waals surface area contributed by atoms with Crippen molar-refractivity contribution in [1.82, 2.24) is 4.90 Å². The Kier molecular flexibility index (Phi) is 5.56. The van der Waals surface area contributed by atoms with Crippen molar-refractivity contribution >= 4 is 5.97 Å². The Balaban J connectivity index is 1.87. The number of piperidine rings is 1. The van der Waals surface area contributed by atoms with E-state index in [4.69, 9.17) is 10.5 Å². The molecule has 1 fully saturated rings. The van der Waals surface area contributed by atoms with Crippen molar-refractivity contribution in [2.24, 2.45) is 11.7 Å². The highest BCUT2D eigenvalue weighted by Crippen LogP contribution is 2.21. The van der Waals surface area contributed by atoms with Gasteiger partial charge in [-0.05, 0) is 44.0 Å². The summed E-state index contributed by atoms with van der Waals surface area (Å²) in [6.45, 7) is 5.73. The van der Waals surface area contributed by atoms with E-state index in [2.05, 4.69) is 23.1 Å². The van der Waals surface area contributed by atoms with Crippen LogP contribution in [0.15, 0.2) is 24.3 Å². The molecule has 20 heavy (non-hydrogen) atoms. The van der Waals surface area contributed by atoms with Crippen LogP contribution in [0.3, 0.4) is 0 Å². The Morgan fingerprint density at radius 3 is 2.55 bits per heavy atom. The molecule has 2 rings (SSSR count). The molecule has 0 spiro atoms. The third-order valence-corrected chi connectivity index (χ3v) is 3.94. The molecule has 0 aromatic heterocycles. The number of ether oxygens (including phenoxy) is 1. The lowest BCUT2D eigenvalue weighted by molar-refractivity contribution is -0.149. The predicted octanol–water partition coefficient (Wildman–Crippen LogP) is 1.92. The first-order valence-corrected chi connectivity index (χ1v) is 7.40. The van der Waals surface area contributed by atoms with E-state index in [9.17, 15) is 4.79 Å². The quantitative estimate of drug-likeness (QED) is 0.835. The van der Waals surface area contributed by atoms with Crippen molar-refractivity contribution in [3.8, 4) is 0 Å². The number of nitrogens with zero attached hydrogens (tertiary/aromatic N) is 1. The fourth-order valence-electron chi connectivity index (χ4n) is 2.74. The molecule has 1 aromatic carbocycles. The first-order chi connectivity index (χ1) is 9.74. The van der Waals surface area contributed by atoms with Gasteiger partial charge in [0.25, 0.3) is 0 Å². The fraction of sp³-hybridized carbons (Fsp3) is 0.562. The SMILES string of the molecule is CCOC(=O)C1CCN(Cc2ccccc2CN)CC1. The molecule has 0 saturated carbocycles. The van der Waals surface area contributed by atoms with Crippen LogP contribution in [0, 0.1) is 5.92 Å². The summed E-state index contributed by atoms with van der Waals surface area (Å²) in [6.07, 6.45) is 1.78. The highest BCUT2D eigenvalue weighted by atomic mass is 16.5. The van der Waals surface area contributed by atoms with E-state index in [1.807, 2.05) is 13.0 Å². The van der Waals surface area contributed by atoms with Crippen LogP contribution in [-0.4, -0.2) is 30.6 Å². The maximum absolute atomic E-state index is 11.7. The molecule has 1 aliphatic rings. The molecular formula is C16H24N2O2. The van der Waals surface area contributed by atoms with E-state index >= 15 is 0 Å². The minimum atomic E-state index is -0.0329. The summed E-state index contributed by atoms with van der Waals surface area (Å²) in [5.41, 5.74) is 8.28. The van der Waals surface area contributed by atoms with Gasteiger partial charge in [-0.25, -0.2) is 0 Å². The molecule has 0 bridgehead atoms. The van der Waals surface area contributed by atoms with Gasteiger partial charge in [0, 0.05) is 13.1 Å². The monoisotopic (exact) mass is 276 g/mol. The van der Waals surface area contributed by atoms with Gasteiger partial charge in [-0.1, -0.05) is 24.3 Å². The second-order valence-corrected chi connectivity index (χ2v) is 5.28. The zero-order valence-electron chi connectivity index (χ0n) is 12.2. The number of carbonyl (C=O) groups is 1. The van der Waals surface area contributed by atoms with Gasteiger partial charge in [-0.2, -0.15) is 0 Å². The third kappa shape index (κ3) is 3.81. The third-order valence-electron chi connectivity index (χ3n) is 3.94. The first kappa shape index (κ1) is 15.0. The van der Waals surface area contributed by atoms with Gasteiger partial charge in [0.1, 0.15) is 0 Å². The van der Waals surface area contributed by atoms with Crippen molar-refractivity contribution in [2.75, 3.05) is 19.7 Å². The Hall–Kier alpha value is -1.39. The zero-order valence-corrected chi connectivity index (χ0v) is 12.2. The largest absolute Gasteiger partial charge is 0.466 e. The van der Waals surface area contributed by atoms with E-state index in [1.54, 1.807) is 0 Å². The van der Waals surface area contributed by atoms with Crippen molar-refractivity contribution in [3.05, 3.63) is 35.4 Å². The van der Waals surface area contributed by atoms with Crippen molar-refractivity contribution in [3.63, 3.8) is 0 Å². The van der Waals surface area contributed by atoms with E-state index < -0.39 is 0 Å². The van der Waals surface area contributed by atoms with E-state index in [0.717, 1.165) is 32.5 Å². The Morgan fingerprint density at radius 2 is 1.95 bits per heavy atom. The normalized spacial score (nSPS) is 17.1. The number of carbonyl (C=O) groups excluding carboxylic acids is 1. The maximum atomic E-state index is 11.7. The van der Waals surface area contributed by atoms with Gasteiger partial charge in [0.2, 0.25) is 0 Å². The van der Waals surface area contributed by atoms with Gasteiger partial charge in [0.15, 0.2) is 0 Å². The second-order valence-electron chi connectivity index (χ2n) is 5.28. The smallest absolute Gasteiger partial charge is 0.309 e. The highest BCUT2D eigenvalue weighted by Gasteiger charge is 2.25. The average molecular weight is 276 g/mol. The number of rotatable bonds is 5. The van der Waals surface area contributed by atoms with Crippen LogP contribution in [0.4, 0.5) is 0 Å². The van der Waals surface area contributed by atoms with Crippen molar-refractivity contribution in [2.45, 2.75) is 32.9 Å². The standard InChI is InChI=1S/C16H24N2O2/c1-2-20-16(19)13-7-9-18(10-8-13)12-15-6-4-3-5-14(15)11-17/h3-6,13H,2,7-12,17H2,1H3. The highest BCUT2D eigenvalue weighted by molar-refractivity contribution is 5.72. The van der Waals surface area contributed by atoms with Crippen LogP contribution in [0.2, 0.25) is 0 Å². The Morgan fingerprint density at radius 1 is 1.30 bits per heavy atom. The van der Waals surface area contributed by atoms with Crippen LogP contribution in [-0.2, 0) is 22.6 Å². The van der Waals surface area contributed by atoms with Gasteiger partial charge in [0.05, 0.1) is 12.5 Å². The van der Waals surface area contributed by atoms with E-state index in [0.29, 0.717) is 13.2 Å². The van der Waals surface area contributed by atoms with Crippen molar-refractivity contribution < 1.29 is 9.53 Å². The number of hydrogen-bond acceptors (Lipinski definition) is 4. The summed E-state index contributed by atoms with van der Waals surface area (Å²) in [6, 6.07) is 8.30. The van der Waals surface area contributed by atoms with Crippen LogP contribution >= 0.6 is 0 Å². The fourth-order valence-corrected chi connectivity index (χ4v) is 2.74. The molecule has 1 saturated heterocycles. The molecule has 4 nitrogen and oxygen atoms in total. The molecule has 1 aromatic rings. The number of hydrogen-bond donors (Lipinski definition) is 1. The summed E-state index contributed by atoms with van der Waals surface area (Å²) in [7, 11) is 0. The van der Waals surface area contributed by atoms with Crippen LogP contribution in [0.5, 0.6) is 0 Å². The lowest BCUT2D eigenvalue weighted by atomic mass is 9.96. The minimum Gasteiger partial charge on any atom is -0.466 e. The molecule has 1 heterocycles. The average Bonchev–Trinajstić information content (AvgIpc) is 2.49. The molecule has 0 radical (unpaired) electrons. The number of likely N-dealkylation sites (tertiary alicyclic amines) is 1. The van der Waals surface area contributed by atoms with Crippen LogP contribution in [0.25, 0.3) is 0 Å². The van der Waals surface area contributed by atoms with Crippen LogP contribution < -0.4 is 5.73 Å². The molecule has 0 atom stereocenters. The van der Waals surface area contributed by atoms with Crippen LogP contribution in [0.1, 0.15) is 30.9 Å². The van der Waals surface area contributed by atoms with Gasteiger partial charge in [-0.3, -0.25) is 9.69 Å².